The van der Waals surface area contributed by atoms with Gasteiger partial charge in [0, 0.05) is 13.6 Å². The van der Waals surface area contributed by atoms with E-state index in [9.17, 15) is 4.79 Å². The lowest BCUT2D eigenvalue weighted by Gasteiger charge is -2.34. The zero-order valence-electron chi connectivity index (χ0n) is 12.8. The number of nitrogens with two attached hydrogens (primary N) is 1. The first-order valence-electron chi connectivity index (χ1n) is 7.50. The Hall–Kier alpha value is -0.610. The number of hydrogen-bond donors (Lipinski definition) is 1. The smallest absolute Gasteiger partial charge is 0.224 e. The van der Waals surface area contributed by atoms with Crippen molar-refractivity contribution in [1.29, 1.82) is 0 Å². The molecule has 1 rings (SSSR count). The van der Waals surface area contributed by atoms with Crippen LogP contribution in [0.15, 0.2) is 0 Å². The minimum atomic E-state index is 0.157. The van der Waals surface area contributed by atoms with Crippen LogP contribution in [-0.2, 0) is 9.53 Å². The summed E-state index contributed by atoms with van der Waals surface area (Å²) in [5.41, 5.74) is 5.90. The van der Waals surface area contributed by atoms with Gasteiger partial charge in [0.05, 0.1) is 19.1 Å². The van der Waals surface area contributed by atoms with Crippen LogP contribution in [0.3, 0.4) is 0 Å². The predicted octanol–water partition coefficient (Wildman–Crippen LogP) is 2.17. The fourth-order valence-electron chi connectivity index (χ4n) is 2.50. The van der Waals surface area contributed by atoms with E-state index in [-0.39, 0.29) is 5.91 Å². The minimum absolute atomic E-state index is 0.157. The van der Waals surface area contributed by atoms with E-state index in [1.165, 1.54) is 12.8 Å². The number of hydrogen-bond acceptors (Lipinski definition) is 3. The van der Waals surface area contributed by atoms with Gasteiger partial charge in [-0.15, -0.1) is 0 Å². The number of amides is 1. The van der Waals surface area contributed by atoms with Gasteiger partial charge in [0.25, 0.3) is 0 Å². The van der Waals surface area contributed by atoms with E-state index in [2.05, 4.69) is 13.8 Å². The van der Waals surface area contributed by atoms with Crippen LogP contribution in [0.25, 0.3) is 0 Å². The molecule has 0 unspecified atom stereocenters. The molecule has 4 heteroatoms. The normalized spacial score (nSPS) is 19.4. The van der Waals surface area contributed by atoms with Crippen molar-refractivity contribution < 1.29 is 9.53 Å². The summed E-state index contributed by atoms with van der Waals surface area (Å²) in [7, 11) is 1.83. The van der Waals surface area contributed by atoms with Gasteiger partial charge in [-0.1, -0.05) is 13.8 Å². The second-order valence-corrected chi connectivity index (χ2v) is 6.44. The quantitative estimate of drug-likeness (QED) is 0.771. The highest BCUT2D eigenvalue weighted by Crippen LogP contribution is 2.36. The highest BCUT2D eigenvalue weighted by molar-refractivity contribution is 5.75. The molecule has 0 saturated heterocycles. The van der Waals surface area contributed by atoms with Crippen molar-refractivity contribution >= 4 is 5.91 Å². The molecule has 1 aliphatic rings. The van der Waals surface area contributed by atoms with Crippen molar-refractivity contribution in [2.75, 3.05) is 26.7 Å². The fourth-order valence-corrected chi connectivity index (χ4v) is 2.50. The monoisotopic (exact) mass is 270 g/mol. The Kier molecular flexibility index (Phi) is 6.80. The van der Waals surface area contributed by atoms with E-state index in [1.807, 2.05) is 7.05 Å². The van der Waals surface area contributed by atoms with Crippen LogP contribution in [0.1, 0.15) is 52.4 Å². The first-order chi connectivity index (χ1) is 8.94. The van der Waals surface area contributed by atoms with E-state index >= 15 is 0 Å². The zero-order valence-corrected chi connectivity index (χ0v) is 12.8. The molecule has 1 amide bonds. The summed E-state index contributed by atoms with van der Waals surface area (Å²) >= 11 is 0. The van der Waals surface area contributed by atoms with E-state index < -0.39 is 0 Å². The third kappa shape index (κ3) is 6.39. The van der Waals surface area contributed by atoms with Crippen LogP contribution in [0, 0.1) is 5.41 Å². The van der Waals surface area contributed by atoms with Crippen molar-refractivity contribution in [1.82, 2.24) is 4.90 Å². The summed E-state index contributed by atoms with van der Waals surface area (Å²) in [6.07, 6.45) is 6.41. The molecule has 0 aromatic carbocycles. The van der Waals surface area contributed by atoms with Crippen molar-refractivity contribution in [2.24, 2.45) is 11.1 Å². The molecule has 0 heterocycles. The lowest BCUT2D eigenvalue weighted by molar-refractivity contribution is -0.131. The van der Waals surface area contributed by atoms with Crippen LogP contribution in [0.4, 0.5) is 0 Å². The van der Waals surface area contributed by atoms with Crippen LogP contribution in [0.2, 0.25) is 0 Å². The van der Waals surface area contributed by atoms with Crippen LogP contribution < -0.4 is 5.73 Å². The molecule has 0 aromatic heterocycles. The van der Waals surface area contributed by atoms with Crippen molar-refractivity contribution in [3.63, 3.8) is 0 Å². The Morgan fingerprint density at radius 3 is 2.58 bits per heavy atom. The van der Waals surface area contributed by atoms with Gasteiger partial charge in [0.15, 0.2) is 0 Å². The molecule has 1 fully saturated rings. The maximum absolute atomic E-state index is 11.8. The van der Waals surface area contributed by atoms with Gasteiger partial charge in [-0.25, -0.2) is 0 Å². The van der Waals surface area contributed by atoms with Gasteiger partial charge < -0.3 is 15.4 Å². The third-order valence-corrected chi connectivity index (χ3v) is 4.08. The number of nitrogens with zero attached hydrogens (tertiary/aromatic N) is 1. The molecule has 0 bridgehead atoms. The van der Waals surface area contributed by atoms with Gasteiger partial charge >= 0.3 is 0 Å². The van der Waals surface area contributed by atoms with Crippen molar-refractivity contribution in [3.05, 3.63) is 0 Å². The van der Waals surface area contributed by atoms with E-state index in [1.54, 1.807) is 4.90 Å². The zero-order chi connectivity index (χ0) is 14.3. The second-order valence-electron chi connectivity index (χ2n) is 6.44. The van der Waals surface area contributed by atoms with Crippen molar-refractivity contribution in [2.45, 2.75) is 58.5 Å². The van der Waals surface area contributed by atoms with E-state index in [0.29, 0.717) is 31.1 Å². The summed E-state index contributed by atoms with van der Waals surface area (Å²) in [4.78, 5) is 13.5. The molecule has 112 valence electrons. The highest BCUT2D eigenvalue weighted by atomic mass is 16.5. The highest BCUT2D eigenvalue weighted by Gasteiger charge is 2.27. The molecule has 0 spiro atoms. The molecule has 0 atom stereocenters. The first kappa shape index (κ1) is 16.4. The molecule has 1 saturated carbocycles. The van der Waals surface area contributed by atoms with Gasteiger partial charge in [-0.3, -0.25) is 4.79 Å². The lowest BCUT2D eigenvalue weighted by Crippen LogP contribution is -2.31. The Morgan fingerprint density at radius 2 is 2.00 bits per heavy atom. The standard InChI is InChI=1S/C15H30N2O2/c1-15(2)8-5-13(6-9-15)19-12-7-14(18)17(3)11-4-10-16/h13H,4-12,16H2,1-3H3. The van der Waals surface area contributed by atoms with Gasteiger partial charge in [0.2, 0.25) is 5.91 Å². The molecular weight excluding hydrogens is 240 g/mol. The third-order valence-electron chi connectivity index (χ3n) is 4.08. The molecule has 2 N–H and O–H groups in total. The number of carbonyl (C=O) groups is 1. The Morgan fingerprint density at radius 1 is 1.37 bits per heavy atom. The number of rotatable bonds is 7. The van der Waals surface area contributed by atoms with E-state index in [4.69, 9.17) is 10.5 Å². The summed E-state index contributed by atoms with van der Waals surface area (Å²) in [5, 5.41) is 0. The molecule has 1 aliphatic carbocycles. The largest absolute Gasteiger partial charge is 0.378 e. The van der Waals surface area contributed by atoms with Crippen LogP contribution >= 0.6 is 0 Å². The molecule has 0 radical (unpaired) electrons. The predicted molar refractivity (Wildman–Crippen MR) is 77.9 cm³/mol. The van der Waals surface area contributed by atoms with Gasteiger partial charge in [-0.2, -0.15) is 0 Å². The fraction of sp³-hybridized carbons (Fsp3) is 0.933. The first-order valence-corrected chi connectivity index (χ1v) is 7.50. The lowest BCUT2D eigenvalue weighted by atomic mass is 9.76. The Bertz CT molecular complexity index is 269. The average molecular weight is 270 g/mol. The van der Waals surface area contributed by atoms with E-state index in [0.717, 1.165) is 25.8 Å². The maximum Gasteiger partial charge on any atom is 0.224 e. The molecular formula is C15H30N2O2. The Labute approximate surface area is 117 Å². The summed E-state index contributed by atoms with van der Waals surface area (Å²) in [6.45, 7) is 6.56. The van der Waals surface area contributed by atoms with Gasteiger partial charge in [-0.05, 0) is 44.1 Å². The van der Waals surface area contributed by atoms with Crippen molar-refractivity contribution in [3.8, 4) is 0 Å². The maximum atomic E-state index is 11.8. The van der Waals surface area contributed by atoms with Gasteiger partial charge in [0.1, 0.15) is 0 Å². The number of ether oxygens (including phenoxy) is 1. The molecule has 0 aliphatic heterocycles. The summed E-state index contributed by atoms with van der Waals surface area (Å²) in [5.74, 6) is 0.157. The summed E-state index contributed by atoms with van der Waals surface area (Å²) < 4.78 is 5.83. The number of carbonyl (C=O) groups excluding carboxylic acids is 1. The molecule has 4 nitrogen and oxygen atoms in total. The Balaban J connectivity index is 2.12. The summed E-state index contributed by atoms with van der Waals surface area (Å²) in [6, 6.07) is 0. The average Bonchev–Trinajstić information content (AvgIpc) is 2.37. The molecule has 19 heavy (non-hydrogen) atoms. The topological polar surface area (TPSA) is 55.6 Å². The van der Waals surface area contributed by atoms with Crippen LogP contribution in [0.5, 0.6) is 0 Å². The van der Waals surface area contributed by atoms with Crippen LogP contribution in [-0.4, -0.2) is 43.7 Å². The SMILES string of the molecule is CN(CCCN)C(=O)CCOC1CCC(C)(C)CC1. The molecule has 0 aromatic rings. The minimum Gasteiger partial charge on any atom is -0.378 e. The second kappa shape index (κ2) is 7.85.